The first-order valence-electron chi connectivity index (χ1n) is 7.83. The van der Waals surface area contributed by atoms with E-state index in [-0.39, 0.29) is 0 Å². The highest BCUT2D eigenvalue weighted by Crippen LogP contribution is 2.18. The van der Waals surface area contributed by atoms with Crippen LogP contribution in [0.4, 0.5) is 5.69 Å². The molecule has 0 unspecified atom stereocenters. The maximum atomic E-state index is 10.3. The van der Waals surface area contributed by atoms with Crippen LogP contribution in [0, 0.1) is 0 Å². The van der Waals surface area contributed by atoms with Crippen molar-refractivity contribution < 1.29 is 15.1 Å². The van der Waals surface area contributed by atoms with Gasteiger partial charge in [0.2, 0.25) is 0 Å². The Morgan fingerprint density at radius 2 is 1.59 bits per heavy atom. The molecule has 1 aliphatic rings. The zero-order chi connectivity index (χ0) is 15.4. The Morgan fingerprint density at radius 3 is 2.23 bits per heavy atom. The number of phenols is 1. The van der Waals surface area contributed by atoms with Crippen molar-refractivity contribution in [3.05, 3.63) is 60.2 Å². The Labute approximate surface area is 131 Å². The smallest absolute Gasteiger partial charge is 0.128 e. The standard InChI is InChI=1S/C18H22N2O2/c21-17-8-6-16(7-9-17)20-12-10-19(11-13-20)14-18(22)15-4-2-1-3-5-15/h1-9,18,21-22H,10-14H2/p+1/t18-/m1/s1. The molecule has 0 spiro atoms. The van der Waals surface area contributed by atoms with Gasteiger partial charge in [0, 0.05) is 5.69 Å². The second-order valence-corrected chi connectivity index (χ2v) is 5.88. The van der Waals surface area contributed by atoms with Gasteiger partial charge in [-0.2, -0.15) is 0 Å². The summed E-state index contributed by atoms with van der Waals surface area (Å²) in [6, 6.07) is 17.3. The predicted octanol–water partition coefficient (Wildman–Crippen LogP) is 0.831. The molecule has 1 heterocycles. The van der Waals surface area contributed by atoms with E-state index in [4.69, 9.17) is 0 Å². The van der Waals surface area contributed by atoms with E-state index in [9.17, 15) is 10.2 Å². The number of aliphatic hydroxyl groups excluding tert-OH is 1. The van der Waals surface area contributed by atoms with Gasteiger partial charge in [-0.05, 0) is 29.8 Å². The molecule has 0 radical (unpaired) electrons. The van der Waals surface area contributed by atoms with E-state index >= 15 is 0 Å². The van der Waals surface area contributed by atoms with Crippen molar-refractivity contribution in [2.75, 3.05) is 37.6 Å². The van der Waals surface area contributed by atoms with Gasteiger partial charge in [0.15, 0.2) is 0 Å². The molecule has 4 nitrogen and oxygen atoms in total. The van der Waals surface area contributed by atoms with Crippen molar-refractivity contribution in [3.8, 4) is 5.75 Å². The molecule has 0 aliphatic carbocycles. The van der Waals surface area contributed by atoms with E-state index in [1.54, 1.807) is 12.1 Å². The van der Waals surface area contributed by atoms with Crippen LogP contribution < -0.4 is 9.80 Å². The van der Waals surface area contributed by atoms with Crippen molar-refractivity contribution in [1.29, 1.82) is 0 Å². The Kier molecular flexibility index (Phi) is 4.61. The third-order valence-corrected chi connectivity index (χ3v) is 4.35. The molecule has 116 valence electrons. The molecule has 3 rings (SSSR count). The van der Waals surface area contributed by atoms with Crippen LogP contribution >= 0.6 is 0 Å². The quantitative estimate of drug-likeness (QED) is 0.784. The van der Waals surface area contributed by atoms with Crippen LogP contribution in [0.15, 0.2) is 54.6 Å². The minimum Gasteiger partial charge on any atom is -0.508 e. The highest BCUT2D eigenvalue weighted by molar-refractivity contribution is 5.48. The first kappa shape index (κ1) is 14.9. The summed E-state index contributed by atoms with van der Waals surface area (Å²) in [6.45, 7) is 4.74. The van der Waals surface area contributed by atoms with E-state index in [1.807, 2.05) is 42.5 Å². The molecular formula is C18H23N2O2+. The monoisotopic (exact) mass is 299 g/mol. The predicted molar refractivity (Wildman–Crippen MR) is 87.3 cm³/mol. The number of phenolic OH excluding ortho intramolecular Hbond substituents is 1. The molecule has 22 heavy (non-hydrogen) atoms. The number of nitrogens with zero attached hydrogens (tertiary/aromatic N) is 1. The summed E-state index contributed by atoms with van der Waals surface area (Å²) < 4.78 is 0. The lowest BCUT2D eigenvalue weighted by molar-refractivity contribution is -0.904. The number of hydrogen-bond acceptors (Lipinski definition) is 3. The summed E-state index contributed by atoms with van der Waals surface area (Å²) in [4.78, 5) is 3.77. The van der Waals surface area contributed by atoms with E-state index in [0.717, 1.165) is 44.0 Å². The van der Waals surface area contributed by atoms with Crippen molar-refractivity contribution in [2.24, 2.45) is 0 Å². The van der Waals surface area contributed by atoms with Crippen molar-refractivity contribution in [3.63, 3.8) is 0 Å². The SMILES string of the molecule is Oc1ccc(N2CC[NH+](C[C@@H](O)c3ccccc3)CC2)cc1. The molecule has 1 saturated heterocycles. The van der Waals surface area contributed by atoms with Gasteiger partial charge in [0.05, 0.1) is 26.2 Å². The summed E-state index contributed by atoms with van der Waals surface area (Å²) in [7, 11) is 0. The minimum atomic E-state index is -0.392. The first-order chi connectivity index (χ1) is 10.7. The Bertz CT molecular complexity index is 578. The van der Waals surface area contributed by atoms with Crippen LogP contribution in [0.2, 0.25) is 0 Å². The number of hydrogen-bond donors (Lipinski definition) is 3. The molecule has 1 atom stereocenters. The summed E-state index contributed by atoms with van der Waals surface area (Å²) >= 11 is 0. The fraction of sp³-hybridized carbons (Fsp3) is 0.333. The van der Waals surface area contributed by atoms with Gasteiger partial charge in [-0.1, -0.05) is 30.3 Å². The minimum absolute atomic E-state index is 0.305. The van der Waals surface area contributed by atoms with Gasteiger partial charge < -0.3 is 20.0 Å². The number of aliphatic hydroxyl groups is 1. The molecule has 3 N–H and O–H groups in total. The maximum absolute atomic E-state index is 10.3. The molecule has 1 aliphatic heterocycles. The molecule has 0 aromatic heterocycles. The van der Waals surface area contributed by atoms with Crippen molar-refractivity contribution >= 4 is 5.69 Å². The van der Waals surface area contributed by atoms with Crippen LogP contribution in [0.1, 0.15) is 11.7 Å². The molecular weight excluding hydrogens is 276 g/mol. The van der Waals surface area contributed by atoms with Gasteiger partial charge >= 0.3 is 0 Å². The van der Waals surface area contributed by atoms with Gasteiger partial charge in [0.1, 0.15) is 18.4 Å². The molecule has 0 bridgehead atoms. The van der Waals surface area contributed by atoms with Gasteiger partial charge in [-0.3, -0.25) is 0 Å². The Hall–Kier alpha value is -2.04. The number of rotatable bonds is 4. The maximum Gasteiger partial charge on any atom is 0.128 e. The lowest BCUT2D eigenvalue weighted by Gasteiger charge is -2.34. The lowest BCUT2D eigenvalue weighted by Crippen LogP contribution is -3.15. The number of aromatic hydroxyl groups is 1. The van der Waals surface area contributed by atoms with Crippen LogP contribution in [-0.2, 0) is 0 Å². The Balaban J connectivity index is 1.52. The van der Waals surface area contributed by atoms with Crippen LogP contribution in [-0.4, -0.2) is 42.9 Å². The fourth-order valence-corrected chi connectivity index (χ4v) is 3.02. The number of piperazine rings is 1. The topological polar surface area (TPSA) is 48.1 Å². The summed E-state index contributed by atoms with van der Waals surface area (Å²) in [5.41, 5.74) is 2.15. The summed E-state index contributed by atoms with van der Waals surface area (Å²) in [5, 5.41) is 19.7. The van der Waals surface area contributed by atoms with Crippen molar-refractivity contribution in [1.82, 2.24) is 0 Å². The average molecular weight is 299 g/mol. The molecule has 4 heteroatoms. The second-order valence-electron chi connectivity index (χ2n) is 5.88. The van der Waals surface area contributed by atoms with Crippen LogP contribution in [0.5, 0.6) is 5.75 Å². The van der Waals surface area contributed by atoms with E-state index < -0.39 is 6.10 Å². The van der Waals surface area contributed by atoms with Gasteiger partial charge in [-0.15, -0.1) is 0 Å². The molecule has 1 fully saturated rings. The largest absolute Gasteiger partial charge is 0.508 e. The zero-order valence-corrected chi connectivity index (χ0v) is 12.7. The molecule has 2 aromatic rings. The third-order valence-electron chi connectivity index (χ3n) is 4.35. The lowest BCUT2D eigenvalue weighted by atomic mass is 10.1. The second kappa shape index (κ2) is 6.81. The van der Waals surface area contributed by atoms with E-state index in [1.165, 1.54) is 4.90 Å². The zero-order valence-electron chi connectivity index (χ0n) is 12.7. The number of nitrogens with one attached hydrogen (secondary N) is 1. The third kappa shape index (κ3) is 3.59. The average Bonchev–Trinajstić information content (AvgIpc) is 2.57. The highest BCUT2D eigenvalue weighted by atomic mass is 16.3. The summed E-state index contributed by atoms with van der Waals surface area (Å²) in [5.74, 6) is 0.305. The number of anilines is 1. The number of quaternary nitrogens is 1. The summed E-state index contributed by atoms with van der Waals surface area (Å²) in [6.07, 6.45) is -0.392. The van der Waals surface area contributed by atoms with Crippen molar-refractivity contribution in [2.45, 2.75) is 6.10 Å². The van der Waals surface area contributed by atoms with Crippen LogP contribution in [0.3, 0.4) is 0 Å². The van der Waals surface area contributed by atoms with E-state index in [0.29, 0.717) is 5.75 Å². The normalized spacial score (nSPS) is 17.4. The highest BCUT2D eigenvalue weighted by Gasteiger charge is 2.23. The number of benzene rings is 2. The molecule has 0 saturated carbocycles. The molecule has 0 amide bonds. The first-order valence-corrected chi connectivity index (χ1v) is 7.83. The van der Waals surface area contributed by atoms with E-state index in [2.05, 4.69) is 4.90 Å². The van der Waals surface area contributed by atoms with Crippen LogP contribution in [0.25, 0.3) is 0 Å². The fourth-order valence-electron chi connectivity index (χ4n) is 3.02. The van der Waals surface area contributed by atoms with Gasteiger partial charge in [0.25, 0.3) is 0 Å². The van der Waals surface area contributed by atoms with Gasteiger partial charge in [-0.25, -0.2) is 0 Å². The molecule has 2 aromatic carbocycles. The Morgan fingerprint density at radius 1 is 0.955 bits per heavy atom.